The van der Waals surface area contributed by atoms with Crippen LogP contribution in [0.25, 0.3) is 4.96 Å². The molecule has 1 aromatic carbocycles. The number of benzene rings is 1. The smallest absolute Gasteiger partial charge is 0.235 e. The lowest BCUT2D eigenvalue weighted by Gasteiger charge is -2.15. The Hall–Kier alpha value is -1.97. The highest BCUT2D eigenvalue weighted by Gasteiger charge is 2.22. The van der Waals surface area contributed by atoms with Gasteiger partial charge in [0.25, 0.3) is 0 Å². The van der Waals surface area contributed by atoms with Gasteiger partial charge in [-0.15, -0.1) is 15.3 Å². The second kappa shape index (κ2) is 8.37. The summed E-state index contributed by atoms with van der Waals surface area (Å²) in [5, 5.41) is 15.8. The molecule has 3 rings (SSSR count). The van der Waals surface area contributed by atoms with Crippen LogP contribution in [-0.2, 0) is 4.79 Å². The zero-order valence-corrected chi connectivity index (χ0v) is 17.5. The highest BCUT2D eigenvalue weighted by atomic mass is 32.2. The molecule has 144 valence electrons. The molecule has 0 fully saturated rings. The average Bonchev–Trinajstić information content (AvgIpc) is 3.21. The molecule has 2 atom stereocenters. The minimum Gasteiger partial charge on any atom is -0.325 e. The minimum atomic E-state index is -0.210. The summed E-state index contributed by atoms with van der Waals surface area (Å²) in [6.07, 6.45) is 0.959. The van der Waals surface area contributed by atoms with Crippen molar-refractivity contribution in [1.82, 2.24) is 19.8 Å². The number of nitrogens with zero attached hydrogens (tertiary/aromatic N) is 4. The summed E-state index contributed by atoms with van der Waals surface area (Å²) in [5.41, 5.74) is 9.34. The number of carbonyl (C=O) groups is 1. The lowest BCUT2D eigenvalue weighted by molar-refractivity contribution is -0.113. The van der Waals surface area contributed by atoms with E-state index in [9.17, 15) is 4.79 Å². The molecule has 3 N–H and O–H groups in total. The van der Waals surface area contributed by atoms with E-state index < -0.39 is 0 Å². The van der Waals surface area contributed by atoms with Crippen molar-refractivity contribution in [3.8, 4) is 0 Å². The third-order valence-corrected chi connectivity index (χ3v) is 6.57. The number of thioether (sulfide) groups is 1. The molecular formula is C18H24N6OS2. The van der Waals surface area contributed by atoms with Crippen LogP contribution in [-0.4, -0.2) is 31.5 Å². The van der Waals surface area contributed by atoms with Gasteiger partial charge in [0, 0.05) is 5.69 Å². The van der Waals surface area contributed by atoms with Crippen LogP contribution in [0.15, 0.2) is 22.5 Å². The molecule has 0 aliphatic carbocycles. The Morgan fingerprint density at radius 3 is 2.85 bits per heavy atom. The van der Waals surface area contributed by atoms with Gasteiger partial charge in [-0.25, -0.2) is 0 Å². The van der Waals surface area contributed by atoms with Crippen LogP contribution in [0.1, 0.15) is 43.3 Å². The molecule has 3 aromatic rings. The zero-order valence-electron chi connectivity index (χ0n) is 15.9. The van der Waals surface area contributed by atoms with Gasteiger partial charge in [0.05, 0.1) is 11.8 Å². The van der Waals surface area contributed by atoms with Gasteiger partial charge in [0.1, 0.15) is 0 Å². The highest BCUT2D eigenvalue weighted by molar-refractivity contribution is 8.01. The van der Waals surface area contributed by atoms with Gasteiger partial charge < -0.3 is 11.1 Å². The molecule has 0 radical (unpaired) electrons. The van der Waals surface area contributed by atoms with Gasteiger partial charge in [-0.2, -0.15) is 4.52 Å². The maximum Gasteiger partial charge on any atom is 0.235 e. The summed E-state index contributed by atoms with van der Waals surface area (Å²) in [4.78, 5) is 13.0. The van der Waals surface area contributed by atoms with Crippen LogP contribution >= 0.6 is 23.1 Å². The monoisotopic (exact) mass is 404 g/mol. The van der Waals surface area contributed by atoms with Gasteiger partial charge in [-0.05, 0) is 31.4 Å². The van der Waals surface area contributed by atoms with Crippen LogP contribution < -0.4 is 11.1 Å². The van der Waals surface area contributed by atoms with Gasteiger partial charge in [-0.1, -0.05) is 61.1 Å². The maximum atomic E-state index is 12.3. The normalized spacial score (nSPS) is 13.7. The minimum absolute atomic E-state index is 0.0607. The Kier molecular flexibility index (Phi) is 6.13. The molecule has 7 nitrogen and oxygen atoms in total. The number of nitrogens with two attached hydrogens (primary N) is 1. The fourth-order valence-corrected chi connectivity index (χ4v) is 4.34. The van der Waals surface area contributed by atoms with E-state index in [1.165, 1.54) is 28.7 Å². The first-order valence-electron chi connectivity index (χ1n) is 8.86. The number of carbonyl (C=O) groups excluding carboxylic acids is 1. The molecule has 9 heteroatoms. The lowest BCUT2D eigenvalue weighted by atomic mass is 10.00. The van der Waals surface area contributed by atoms with Crippen molar-refractivity contribution >= 4 is 39.7 Å². The van der Waals surface area contributed by atoms with E-state index in [4.69, 9.17) is 5.73 Å². The van der Waals surface area contributed by atoms with Crippen molar-refractivity contribution < 1.29 is 4.79 Å². The van der Waals surface area contributed by atoms with E-state index in [1.807, 2.05) is 32.0 Å². The standard InChI is InChI=1S/C18H24N6OS2/c1-5-11(3)15(19)16-21-22-17-24(16)23-18(27-17)26-9-14(25)20-13-7-6-10(2)8-12(13)4/h6-8,11,15H,5,9,19H2,1-4H3,(H,20,25). The number of fused-ring (bicyclic) bond motifs is 1. The SMILES string of the molecule is CCC(C)C(N)c1nnc2sc(SCC(=O)Nc3ccc(C)cc3C)nn12. The summed E-state index contributed by atoms with van der Waals surface area (Å²) in [6, 6.07) is 5.76. The van der Waals surface area contributed by atoms with Gasteiger partial charge in [0.15, 0.2) is 10.2 Å². The van der Waals surface area contributed by atoms with Crippen molar-refractivity contribution in [1.29, 1.82) is 0 Å². The van der Waals surface area contributed by atoms with Gasteiger partial charge >= 0.3 is 0 Å². The molecule has 0 saturated carbocycles. The third kappa shape index (κ3) is 4.48. The Morgan fingerprint density at radius 2 is 2.15 bits per heavy atom. The molecule has 2 unspecified atom stereocenters. The van der Waals surface area contributed by atoms with Crippen LogP contribution in [0.2, 0.25) is 0 Å². The quantitative estimate of drug-likeness (QED) is 0.584. The molecule has 0 spiro atoms. The third-order valence-electron chi connectivity index (χ3n) is 4.53. The fraction of sp³-hybridized carbons (Fsp3) is 0.444. The summed E-state index contributed by atoms with van der Waals surface area (Å²) in [7, 11) is 0. The van der Waals surface area contributed by atoms with E-state index in [0.717, 1.165) is 22.0 Å². The molecule has 0 aliphatic rings. The summed E-state index contributed by atoms with van der Waals surface area (Å²) in [6.45, 7) is 8.20. The Morgan fingerprint density at radius 1 is 1.37 bits per heavy atom. The predicted molar refractivity (Wildman–Crippen MR) is 110 cm³/mol. The first kappa shape index (κ1) is 19.8. The Labute approximate surface area is 166 Å². The molecule has 27 heavy (non-hydrogen) atoms. The van der Waals surface area contributed by atoms with Crippen LogP contribution in [0.5, 0.6) is 0 Å². The molecule has 0 saturated heterocycles. The number of hydrogen-bond acceptors (Lipinski definition) is 7. The number of nitrogens with one attached hydrogen (secondary N) is 1. The first-order valence-corrected chi connectivity index (χ1v) is 10.7. The maximum absolute atomic E-state index is 12.3. The van der Waals surface area contributed by atoms with Gasteiger partial charge in [0.2, 0.25) is 10.9 Å². The number of aryl methyl sites for hydroxylation is 2. The molecular weight excluding hydrogens is 380 g/mol. The largest absolute Gasteiger partial charge is 0.325 e. The zero-order chi connectivity index (χ0) is 19.6. The van der Waals surface area contributed by atoms with Crippen LogP contribution in [0.4, 0.5) is 5.69 Å². The second-order valence-corrected chi connectivity index (χ2v) is 8.87. The molecule has 2 heterocycles. The van der Waals surface area contributed by atoms with E-state index in [1.54, 1.807) is 4.52 Å². The van der Waals surface area contributed by atoms with Crippen molar-refractivity contribution in [2.75, 3.05) is 11.1 Å². The number of anilines is 1. The van der Waals surface area contributed by atoms with Crippen LogP contribution in [0, 0.1) is 19.8 Å². The van der Waals surface area contributed by atoms with E-state index in [0.29, 0.717) is 16.7 Å². The first-order chi connectivity index (χ1) is 12.9. The number of rotatable bonds is 7. The number of hydrogen-bond donors (Lipinski definition) is 2. The lowest BCUT2D eigenvalue weighted by Crippen LogP contribution is -2.21. The summed E-state index contributed by atoms with van der Waals surface area (Å²) in [5.74, 6) is 1.18. The van der Waals surface area contributed by atoms with Crippen molar-refractivity contribution in [3.63, 3.8) is 0 Å². The highest BCUT2D eigenvalue weighted by Crippen LogP contribution is 2.28. The van der Waals surface area contributed by atoms with E-state index in [2.05, 4.69) is 34.5 Å². The Bertz CT molecular complexity index is 951. The Balaban J connectivity index is 1.65. The van der Waals surface area contributed by atoms with Crippen LogP contribution in [0.3, 0.4) is 0 Å². The van der Waals surface area contributed by atoms with E-state index >= 15 is 0 Å². The topological polar surface area (TPSA) is 98.2 Å². The molecule has 2 aromatic heterocycles. The van der Waals surface area contributed by atoms with Crippen molar-refractivity contribution in [2.24, 2.45) is 11.7 Å². The van der Waals surface area contributed by atoms with E-state index in [-0.39, 0.29) is 17.7 Å². The fourth-order valence-electron chi connectivity index (χ4n) is 2.66. The molecule has 0 bridgehead atoms. The number of aromatic nitrogens is 4. The second-order valence-electron chi connectivity index (χ2n) is 6.69. The van der Waals surface area contributed by atoms with Crippen molar-refractivity contribution in [2.45, 2.75) is 44.5 Å². The number of amides is 1. The molecule has 1 amide bonds. The van der Waals surface area contributed by atoms with Crippen molar-refractivity contribution in [3.05, 3.63) is 35.2 Å². The molecule has 0 aliphatic heterocycles. The summed E-state index contributed by atoms with van der Waals surface area (Å²) >= 11 is 2.80. The van der Waals surface area contributed by atoms with Gasteiger partial charge in [-0.3, -0.25) is 4.79 Å². The predicted octanol–water partition coefficient (Wildman–Crippen LogP) is 3.58. The average molecular weight is 405 g/mol. The summed E-state index contributed by atoms with van der Waals surface area (Å²) < 4.78 is 2.47.